The number of rotatable bonds is 76. The molecule has 498 valence electrons. The molecular formula is C79H159NO3. The van der Waals surface area contributed by atoms with Crippen molar-refractivity contribution in [3.63, 3.8) is 0 Å². The van der Waals surface area contributed by atoms with E-state index in [4.69, 9.17) is 0 Å². The first-order valence-electron chi connectivity index (χ1n) is 39.7. The van der Waals surface area contributed by atoms with Gasteiger partial charge in [0.2, 0.25) is 5.91 Å². The van der Waals surface area contributed by atoms with Gasteiger partial charge in [-0.25, -0.2) is 0 Å². The highest BCUT2D eigenvalue weighted by atomic mass is 16.3. The second-order valence-corrected chi connectivity index (χ2v) is 27.9. The number of nitrogens with one attached hydrogen (secondary N) is 1. The van der Waals surface area contributed by atoms with E-state index >= 15 is 0 Å². The number of unbranched alkanes of at least 4 members (excludes halogenated alkanes) is 69. The lowest BCUT2D eigenvalue weighted by Crippen LogP contribution is -2.45. The molecular weight excluding hydrogens is 1010 g/mol. The Hall–Kier alpha value is -0.610. The minimum absolute atomic E-state index is 0.0180. The zero-order valence-electron chi connectivity index (χ0n) is 57.8. The predicted molar refractivity (Wildman–Crippen MR) is 373 cm³/mol. The van der Waals surface area contributed by atoms with Crippen LogP contribution >= 0.6 is 0 Å². The highest BCUT2D eigenvalue weighted by Crippen LogP contribution is 2.21. The summed E-state index contributed by atoms with van der Waals surface area (Å²) in [5.41, 5.74) is 0. The van der Waals surface area contributed by atoms with E-state index < -0.39 is 12.1 Å². The van der Waals surface area contributed by atoms with Crippen molar-refractivity contribution in [3.05, 3.63) is 0 Å². The van der Waals surface area contributed by atoms with Gasteiger partial charge in [0.15, 0.2) is 0 Å². The van der Waals surface area contributed by atoms with E-state index in [2.05, 4.69) is 19.2 Å². The van der Waals surface area contributed by atoms with E-state index in [1.807, 2.05) is 0 Å². The lowest BCUT2D eigenvalue weighted by atomic mass is 10.0. The van der Waals surface area contributed by atoms with Crippen molar-refractivity contribution in [2.75, 3.05) is 6.61 Å². The van der Waals surface area contributed by atoms with Crippen LogP contribution in [0.5, 0.6) is 0 Å². The van der Waals surface area contributed by atoms with E-state index in [-0.39, 0.29) is 12.5 Å². The molecule has 0 fully saturated rings. The highest BCUT2D eigenvalue weighted by Gasteiger charge is 2.20. The summed E-state index contributed by atoms with van der Waals surface area (Å²) in [5.74, 6) is -0.0180. The highest BCUT2D eigenvalue weighted by molar-refractivity contribution is 5.76. The molecule has 0 aliphatic carbocycles. The molecule has 1 amide bonds. The average Bonchev–Trinajstić information content (AvgIpc) is 3.51. The normalized spacial score (nSPS) is 12.5. The van der Waals surface area contributed by atoms with E-state index in [1.165, 1.54) is 430 Å². The Morgan fingerprint density at radius 1 is 0.241 bits per heavy atom. The summed E-state index contributed by atoms with van der Waals surface area (Å²) in [6.45, 7) is 4.43. The van der Waals surface area contributed by atoms with Crippen LogP contribution in [-0.4, -0.2) is 34.9 Å². The van der Waals surface area contributed by atoms with Gasteiger partial charge >= 0.3 is 0 Å². The molecule has 0 aromatic heterocycles. The molecule has 0 rings (SSSR count). The second-order valence-electron chi connectivity index (χ2n) is 27.9. The molecule has 0 heterocycles. The Morgan fingerprint density at radius 2 is 0.386 bits per heavy atom. The predicted octanol–water partition coefficient (Wildman–Crippen LogP) is 27.3. The summed E-state index contributed by atoms with van der Waals surface area (Å²) >= 11 is 0. The summed E-state index contributed by atoms with van der Waals surface area (Å²) in [6, 6.07) is -0.534. The quantitative estimate of drug-likeness (QED) is 0.0532. The summed E-state index contributed by atoms with van der Waals surface area (Å²) in [7, 11) is 0. The van der Waals surface area contributed by atoms with Crippen LogP contribution in [0.2, 0.25) is 0 Å². The second kappa shape index (κ2) is 75.6. The van der Waals surface area contributed by atoms with Crippen molar-refractivity contribution in [2.45, 2.75) is 495 Å². The van der Waals surface area contributed by atoms with Crippen LogP contribution in [0.25, 0.3) is 0 Å². The van der Waals surface area contributed by atoms with Crippen LogP contribution in [0.15, 0.2) is 0 Å². The Kier molecular flexibility index (Phi) is 75.1. The number of aliphatic hydroxyl groups excluding tert-OH is 2. The van der Waals surface area contributed by atoms with Crippen LogP contribution in [0.1, 0.15) is 483 Å². The Balaban J connectivity index is 3.32. The molecule has 0 saturated carbocycles. The maximum absolute atomic E-state index is 12.6. The molecule has 0 aromatic carbocycles. The summed E-state index contributed by atoms with van der Waals surface area (Å²) in [5, 5.41) is 23.5. The van der Waals surface area contributed by atoms with Crippen molar-refractivity contribution in [3.8, 4) is 0 Å². The SMILES string of the molecule is CCCCCCCCCCCCCCCCCCCCCCCCCCCCCCCCCCCCCCCCCCCC(=O)NC(CO)C(O)CCCCCCCCCCCCCCCCCCCCCCCCCCCCCCCC. The number of amides is 1. The first-order valence-corrected chi connectivity index (χ1v) is 39.7. The molecule has 3 N–H and O–H groups in total. The topological polar surface area (TPSA) is 69.6 Å². The van der Waals surface area contributed by atoms with Crippen molar-refractivity contribution >= 4 is 5.91 Å². The van der Waals surface area contributed by atoms with Gasteiger partial charge in [0.05, 0.1) is 18.8 Å². The van der Waals surface area contributed by atoms with Crippen molar-refractivity contribution < 1.29 is 15.0 Å². The Morgan fingerprint density at radius 3 is 0.542 bits per heavy atom. The maximum atomic E-state index is 12.6. The minimum atomic E-state index is -0.657. The Labute approximate surface area is 525 Å². The van der Waals surface area contributed by atoms with Gasteiger partial charge in [0.25, 0.3) is 0 Å². The van der Waals surface area contributed by atoms with Crippen molar-refractivity contribution in [2.24, 2.45) is 0 Å². The van der Waals surface area contributed by atoms with Crippen molar-refractivity contribution in [1.82, 2.24) is 5.32 Å². The molecule has 0 aliphatic rings. The summed E-state index contributed by atoms with van der Waals surface area (Å²) < 4.78 is 0. The number of hydrogen-bond acceptors (Lipinski definition) is 3. The number of carbonyl (C=O) groups excluding carboxylic acids is 1. The summed E-state index contributed by atoms with van der Waals surface area (Å²) in [4.78, 5) is 12.6. The van der Waals surface area contributed by atoms with Gasteiger partial charge < -0.3 is 15.5 Å². The zero-order valence-corrected chi connectivity index (χ0v) is 57.8. The van der Waals surface area contributed by atoms with Crippen LogP contribution in [0.3, 0.4) is 0 Å². The molecule has 4 nitrogen and oxygen atoms in total. The van der Waals surface area contributed by atoms with Gasteiger partial charge in [-0.05, 0) is 12.8 Å². The first kappa shape index (κ1) is 82.4. The molecule has 4 heteroatoms. The number of hydrogen-bond donors (Lipinski definition) is 3. The van der Waals surface area contributed by atoms with Gasteiger partial charge in [0.1, 0.15) is 0 Å². The fraction of sp³-hybridized carbons (Fsp3) is 0.987. The van der Waals surface area contributed by atoms with Crippen LogP contribution in [-0.2, 0) is 4.79 Å². The average molecular weight is 1170 g/mol. The molecule has 0 spiro atoms. The van der Waals surface area contributed by atoms with Gasteiger partial charge in [-0.3, -0.25) is 4.79 Å². The minimum Gasteiger partial charge on any atom is -0.394 e. The lowest BCUT2D eigenvalue weighted by molar-refractivity contribution is -0.123. The van der Waals surface area contributed by atoms with Crippen LogP contribution in [0.4, 0.5) is 0 Å². The zero-order chi connectivity index (χ0) is 59.8. The fourth-order valence-electron chi connectivity index (χ4n) is 13.4. The molecule has 2 atom stereocenters. The molecule has 0 aromatic rings. The molecule has 0 aliphatic heterocycles. The number of aliphatic hydroxyl groups is 2. The third-order valence-electron chi connectivity index (χ3n) is 19.4. The van der Waals surface area contributed by atoms with Gasteiger partial charge in [-0.2, -0.15) is 0 Å². The van der Waals surface area contributed by atoms with Gasteiger partial charge in [-0.15, -0.1) is 0 Å². The van der Waals surface area contributed by atoms with Gasteiger partial charge in [0, 0.05) is 6.42 Å². The Bertz CT molecular complexity index is 1140. The van der Waals surface area contributed by atoms with E-state index in [9.17, 15) is 15.0 Å². The molecule has 0 bridgehead atoms. The number of carbonyl (C=O) groups is 1. The fourth-order valence-corrected chi connectivity index (χ4v) is 13.4. The third-order valence-corrected chi connectivity index (χ3v) is 19.4. The van der Waals surface area contributed by atoms with E-state index in [0.29, 0.717) is 12.8 Å². The van der Waals surface area contributed by atoms with E-state index in [0.717, 1.165) is 25.7 Å². The largest absolute Gasteiger partial charge is 0.394 e. The molecule has 0 radical (unpaired) electrons. The van der Waals surface area contributed by atoms with Crippen LogP contribution < -0.4 is 5.32 Å². The molecule has 0 saturated heterocycles. The maximum Gasteiger partial charge on any atom is 0.220 e. The summed E-state index contributed by atoms with van der Waals surface area (Å²) in [6.07, 6.45) is 101. The molecule has 83 heavy (non-hydrogen) atoms. The smallest absolute Gasteiger partial charge is 0.220 e. The van der Waals surface area contributed by atoms with Crippen LogP contribution in [0, 0.1) is 0 Å². The molecule has 2 unspecified atom stereocenters. The van der Waals surface area contributed by atoms with Gasteiger partial charge in [-0.1, -0.05) is 463 Å². The first-order chi connectivity index (χ1) is 41.2. The van der Waals surface area contributed by atoms with Crippen molar-refractivity contribution in [1.29, 1.82) is 0 Å². The standard InChI is InChI=1S/C79H159NO3/c1-3-5-7-9-11-13-15-17-19-21-23-25-27-29-31-33-35-36-37-38-39-40-41-42-43-44-45-47-49-51-53-55-57-59-61-63-65-67-69-71-73-75-79(83)80-77(76-81)78(82)74-72-70-68-66-64-62-60-58-56-54-52-50-48-46-34-32-30-28-26-24-22-20-18-16-14-12-10-8-6-4-2/h77-78,81-82H,3-76H2,1-2H3,(H,80,83). The monoisotopic (exact) mass is 1170 g/mol. The lowest BCUT2D eigenvalue weighted by Gasteiger charge is -2.22. The third kappa shape index (κ3) is 72.0. The van der Waals surface area contributed by atoms with E-state index in [1.54, 1.807) is 0 Å².